The molecular formula is C18H12N2PtSe2. The molecule has 0 aliphatic rings. The van der Waals surface area contributed by atoms with Gasteiger partial charge in [-0.3, -0.25) is 0 Å². The van der Waals surface area contributed by atoms with E-state index in [9.17, 15) is 0 Å². The van der Waals surface area contributed by atoms with Crippen molar-refractivity contribution in [2.24, 2.45) is 0 Å². The molecule has 0 bridgehead atoms. The first-order valence-corrected chi connectivity index (χ1v) is 8.48. The van der Waals surface area contributed by atoms with Gasteiger partial charge in [-0.25, -0.2) is 0 Å². The van der Waals surface area contributed by atoms with Crippen LogP contribution in [0.15, 0.2) is 73.1 Å². The van der Waals surface area contributed by atoms with Crippen LogP contribution in [0.25, 0.3) is 21.8 Å². The van der Waals surface area contributed by atoms with Crippen LogP contribution in [0, 0.1) is 0 Å². The van der Waals surface area contributed by atoms with Crippen molar-refractivity contribution in [1.82, 2.24) is 9.97 Å². The van der Waals surface area contributed by atoms with Crippen molar-refractivity contribution in [2.45, 2.75) is 0 Å². The maximum absolute atomic E-state index is 4.25. The average Bonchev–Trinajstić information content (AvgIpc) is 2.57. The molecule has 2 aromatic carbocycles. The summed E-state index contributed by atoms with van der Waals surface area (Å²) in [4.78, 5) is 8.50. The zero-order valence-corrected chi connectivity index (χ0v) is 17.7. The van der Waals surface area contributed by atoms with Gasteiger partial charge < -0.3 is 0 Å². The summed E-state index contributed by atoms with van der Waals surface area (Å²) in [5, 5.41) is 2.37. The second-order valence-electron chi connectivity index (χ2n) is 4.66. The molecule has 0 atom stereocenters. The molecule has 0 saturated heterocycles. The molecule has 0 spiro atoms. The van der Waals surface area contributed by atoms with E-state index in [-0.39, 0.29) is 21.1 Å². The van der Waals surface area contributed by atoms with Crippen molar-refractivity contribution in [3.63, 3.8) is 0 Å². The SMILES string of the molecule is [Pt].[Se]c1cccc2cccnc12.[Se]c1cccc2cccnc12. The van der Waals surface area contributed by atoms with E-state index in [0.29, 0.717) is 0 Å². The number of nitrogens with zero attached hydrogens (tertiary/aromatic N) is 2. The van der Waals surface area contributed by atoms with Crippen molar-refractivity contribution in [3.05, 3.63) is 73.1 Å². The molecular weight excluding hydrogens is 597 g/mol. The zero-order chi connectivity index (χ0) is 15.4. The predicted octanol–water partition coefficient (Wildman–Crippen LogP) is 2.05. The van der Waals surface area contributed by atoms with Crippen molar-refractivity contribution in [2.75, 3.05) is 0 Å². The fourth-order valence-electron chi connectivity index (χ4n) is 2.15. The van der Waals surface area contributed by atoms with E-state index in [1.54, 1.807) is 0 Å². The Balaban J connectivity index is 0.000000160. The monoisotopic (exact) mass is 611 g/mol. The minimum absolute atomic E-state index is 0. The molecule has 0 saturated carbocycles. The van der Waals surface area contributed by atoms with E-state index in [1.165, 1.54) is 10.8 Å². The number of pyridine rings is 2. The van der Waals surface area contributed by atoms with Crippen LogP contribution in [0.1, 0.15) is 0 Å². The van der Waals surface area contributed by atoms with E-state index < -0.39 is 0 Å². The van der Waals surface area contributed by atoms with Crippen LogP contribution in [0.5, 0.6) is 0 Å². The molecule has 0 aliphatic heterocycles. The second-order valence-corrected chi connectivity index (χ2v) is 6.51. The Kier molecular flexibility index (Phi) is 6.96. The maximum atomic E-state index is 4.25. The van der Waals surface area contributed by atoms with Gasteiger partial charge >= 0.3 is 146 Å². The van der Waals surface area contributed by atoms with Gasteiger partial charge in [-0.1, -0.05) is 0 Å². The third kappa shape index (κ3) is 4.50. The molecule has 2 aromatic heterocycles. The van der Waals surface area contributed by atoms with Gasteiger partial charge in [0.15, 0.2) is 0 Å². The number of hydrogen-bond donors (Lipinski definition) is 0. The standard InChI is InChI=1S/2C9H6NSe.Pt/c2*11-8-5-1-3-7-4-2-6-10-9(7)8;/h2*1-6H;. The first-order valence-electron chi connectivity index (χ1n) is 6.77. The van der Waals surface area contributed by atoms with Crippen molar-refractivity contribution >= 4 is 62.8 Å². The minimum atomic E-state index is 0. The first kappa shape index (κ1) is 18.3. The first-order chi connectivity index (χ1) is 10.8. The summed E-state index contributed by atoms with van der Waals surface area (Å²) in [6.45, 7) is 0. The fraction of sp³-hybridized carbons (Fsp3) is 0. The average molecular weight is 609 g/mol. The second kappa shape index (κ2) is 8.73. The van der Waals surface area contributed by atoms with E-state index in [4.69, 9.17) is 0 Å². The van der Waals surface area contributed by atoms with Crippen LogP contribution in [-0.4, -0.2) is 42.0 Å². The third-order valence-electron chi connectivity index (χ3n) is 3.19. The zero-order valence-electron chi connectivity index (χ0n) is 12.0. The molecule has 2 heterocycles. The normalized spacial score (nSPS) is 9.74. The van der Waals surface area contributed by atoms with Crippen LogP contribution < -0.4 is 8.92 Å². The number of rotatable bonds is 0. The van der Waals surface area contributed by atoms with Gasteiger partial charge in [-0.05, 0) is 0 Å². The van der Waals surface area contributed by atoms with E-state index >= 15 is 0 Å². The van der Waals surface area contributed by atoms with Gasteiger partial charge in [0.2, 0.25) is 0 Å². The Hall–Kier alpha value is -1.01. The predicted molar refractivity (Wildman–Crippen MR) is 94.3 cm³/mol. The fourth-order valence-corrected chi connectivity index (χ4v) is 3.20. The Morgan fingerprint density at radius 2 is 0.957 bits per heavy atom. The molecule has 116 valence electrons. The van der Waals surface area contributed by atoms with Crippen LogP contribution in [0.3, 0.4) is 0 Å². The third-order valence-corrected chi connectivity index (χ3v) is 4.57. The summed E-state index contributed by atoms with van der Waals surface area (Å²) < 4.78 is 2.23. The van der Waals surface area contributed by atoms with Gasteiger partial charge in [0, 0.05) is 21.1 Å². The summed E-state index contributed by atoms with van der Waals surface area (Å²) in [5.41, 5.74) is 2.10. The summed E-state index contributed by atoms with van der Waals surface area (Å²) in [5.74, 6) is 0. The molecule has 5 heteroatoms. The molecule has 2 radical (unpaired) electrons. The molecule has 4 rings (SSSR count). The molecule has 0 aliphatic carbocycles. The summed E-state index contributed by atoms with van der Waals surface area (Å²) in [7, 11) is 0. The molecule has 2 nitrogen and oxygen atoms in total. The number of hydrogen-bond acceptors (Lipinski definition) is 2. The van der Waals surface area contributed by atoms with Gasteiger partial charge in [-0.15, -0.1) is 0 Å². The van der Waals surface area contributed by atoms with E-state index in [0.717, 1.165) is 20.0 Å². The van der Waals surface area contributed by atoms with Gasteiger partial charge in [0.05, 0.1) is 0 Å². The number of fused-ring (bicyclic) bond motifs is 2. The number of benzene rings is 2. The summed E-state index contributed by atoms with van der Waals surface area (Å²) in [6, 6.07) is 20.2. The van der Waals surface area contributed by atoms with Crippen molar-refractivity contribution in [3.8, 4) is 0 Å². The van der Waals surface area contributed by atoms with Crippen LogP contribution in [0.4, 0.5) is 0 Å². The van der Waals surface area contributed by atoms with E-state index in [2.05, 4.69) is 66.3 Å². The quantitative estimate of drug-likeness (QED) is 0.286. The van der Waals surface area contributed by atoms with E-state index in [1.807, 2.05) is 48.8 Å². The molecule has 0 N–H and O–H groups in total. The Morgan fingerprint density at radius 3 is 1.35 bits per heavy atom. The van der Waals surface area contributed by atoms with Crippen LogP contribution >= 0.6 is 0 Å². The van der Waals surface area contributed by atoms with Crippen molar-refractivity contribution < 1.29 is 21.1 Å². The molecule has 0 fully saturated rings. The Bertz CT molecular complexity index is 841. The van der Waals surface area contributed by atoms with Gasteiger partial charge in [-0.2, -0.15) is 0 Å². The van der Waals surface area contributed by atoms with Crippen LogP contribution in [-0.2, 0) is 21.1 Å². The van der Waals surface area contributed by atoms with Gasteiger partial charge in [0.25, 0.3) is 0 Å². The number of aromatic nitrogens is 2. The summed E-state index contributed by atoms with van der Waals surface area (Å²) >= 11 is 5.96. The number of para-hydroxylation sites is 2. The summed E-state index contributed by atoms with van der Waals surface area (Å²) in [6.07, 6.45) is 3.62. The Morgan fingerprint density at radius 1 is 0.565 bits per heavy atom. The Labute approximate surface area is 166 Å². The molecule has 23 heavy (non-hydrogen) atoms. The topological polar surface area (TPSA) is 25.8 Å². The van der Waals surface area contributed by atoms with Crippen molar-refractivity contribution in [1.29, 1.82) is 0 Å². The van der Waals surface area contributed by atoms with Crippen LogP contribution in [0.2, 0.25) is 0 Å². The molecule has 0 amide bonds. The molecule has 4 aromatic rings. The van der Waals surface area contributed by atoms with Gasteiger partial charge in [0.1, 0.15) is 0 Å². The molecule has 0 unspecified atom stereocenters.